The molecule has 0 radical (unpaired) electrons. The Balaban J connectivity index is 1.83. The van der Waals surface area contributed by atoms with Crippen LogP contribution < -0.4 is 10.5 Å². The van der Waals surface area contributed by atoms with Gasteiger partial charge in [-0.3, -0.25) is 0 Å². The van der Waals surface area contributed by atoms with Crippen LogP contribution in [0.5, 0.6) is 5.75 Å². The van der Waals surface area contributed by atoms with E-state index in [0.717, 1.165) is 25.5 Å². The first-order valence-corrected chi connectivity index (χ1v) is 9.27. The van der Waals surface area contributed by atoms with Gasteiger partial charge >= 0.3 is 0 Å². The van der Waals surface area contributed by atoms with E-state index in [1.165, 1.54) is 0 Å². The topological polar surface area (TPSA) is 61.0 Å². The van der Waals surface area contributed by atoms with Gasteiger partial charge in [0.1, 0.15) is 0 Å². The lowest BCUT2D eigenvalue weighted by atomic mass is 10.1. The van der Waals surface area contributed by atoms with E-state index in [1.54, 1.807) is 12.1 Å². The van der Waals surface area contributed by atoms with Gasteiger partial charge in [0.25, 0.3) is 0 Å². The molecule has 1 heterocycles. The first-order valence-electron chi connectivity index (χ1n) is 6.93. The number of benzene rings is 2. The molecule has 3 rings (SSSR count). The number of ether oxygens (including phenoxy) is 1. The third kappa shape index (κ3) is 3.94. The van der Waals surface area contributed by atoms with Gasteiger partial charge in [0, 0.05) is 20.8 Å². The number of aromatic nitrogens is 2. The van der Waals surface area contributed by atoms with Crippen LogP contribution in [0.15, 0.2) is 39.3 Å². The Kier molecular flexibility index (Phi) is 5.49. The van der Waals surface area contributed by atoms with E-state index in [4.69, 9.17) is 33.7 Å². The predicted molar refractivity (Wildman–Crippen MR) is 105 cm³/mol. The van der Waals surface area contributed by atoms with Crippen molar-refractivity contribution in [1.82, 2.24) is 9.97 Å². The smallest absolute Gasteiger partial charge is 0.220 e. The SMILES string of the molecule is Nc1nc(CCOc2c(Cl)cc(Br)cc2Cl)c2cc(Br)ccc2n1. The third-order valence-corrected chi connectivity index (χ3v) is 4.81. The highest BCUT2D eigenvalue weighted by molar-refractivity contribution is 9.10. The predicted octanol–water partition coefficient (Wildman–Crippen LogP) is 5.67. The summed E-state index contributed by atoms with van der Waals surface area (Å²) in [5.41, 5.74) is 7.39. The molecule has 4 nitrogen and oxygen atoms in total. The van der Waals surface area contributed by atoms with E-state index in [2.05, 4.69) is 41.8 Å². The van der Waals surface area contributed by atoms with Gasteiger partial charge in [-0.15, -0.1) is 0 Å². The fourth-order valence-corrected chi connectivity index (χ4v) is 3.97. The molecule has 0 aliphatic carbocycles. The zero-order chi connectivity index (χ0) is 17.3. The van der Waals surface area contributed by atoms with Crippen molar-refractivity contribution >= 4 is 71.9 Å². The van der Waals surface area contributed by atoms with Gasteiger partial charge in [-0.05, 0) is 30.3 Å². The summed E-state index contributed by atoms with van der Waals surface area (Å²) < 4.78 is 7.49. The first kappa shape index (κ1) is 17.7. The molecule has 0 amide bonds. The minimum absolute atomic E-state index is 0.236. The maximum absolute atomic E-state index is 6.17. The fraction of sp³-hybridized carbons (Fsp3) is 0.125. The molecule has 0 fully saturated rings. The number of anilines is 1. The van der Waals surface area contributed by atoms with Gasteiger partial charge in [-0.25, -0.2) is 9.97 Å². The number of halogens is 4. The molecule has 0 saturated heterocycles. The fourth-order valence-electron chi connectivity index (χ4n) is 2.29. The molecule has 1 aromatic heterocycles. The molecule has 3 aromatic rings. The minimum atomic E-state index is 0.236. The summed E-state index contributed by atoms with van der Waals surface area (Å²) in [6.45, 7) is 0.360. The Morgan fingerprint density at radius 1 is 1.00 bits per heavy atom. The monoisotopic (exact) mass is 489 g/mol. The summed E-state index contributed by atoms with van der Waals surface area (Å²) in [6, 6.07) is 9.24. The Morgan fingerprint density at radius 2 is 1.71 bits per heavy atom. The number of hydrogen-bond acceptors (Lipinski definition) is 4. The van der Waals surface area contributed by atoms with Crippen molar-refractivity contribution in [3.05, 3.63) is 55.0 Å². The van der Waals surface area contributed by atoms with Gasteiger partial charge in [0.15, 0.2) is 5.75 Å². The molecule has 24 heavy (non-hydrogen) atoms. The second kappa shape index (κ2) is 7.44. The lowest BCUT2D eigenvalue weighted by Gasteiger charge is -2.11. The maximum atomic E-state index is 6.17. The summed E-state index contributed by atoms with van der Waals surface area (Å²) in [5.74, 6) is 0.688. The van der Waals surface area contributed by atoms with Crippen molar-refractivity contribution in [2.24, 2.45) is 0 Å². The van der Waals surface area contributed by atoms with Crippen molar-refractivity contribution in [3.63, 3.8) is 0 Å². The number of nitrogens with zero attached hydrogens (tertiary/aromatic N) is 2. The number of rotatable bonds is 4. The van der Waals surface area contributed by atoms with E-state index in [9.17, 15) is 0 Å². The molecule has 0 bridgehead atoms. The van der Waals surface area contributed by atoms with Crippen LogP contribution in [0.2, 0.25) is 10.0 Å². The second-order valence-corrected chi connectivity index (χ2v) is 7.63. The summed E-state index contributed by atoms with van der Waals surface area (Å²) in [4.78, 5) is 8.56. The van der Waals surface area contributed by atoms with Crippen LogP contribution in [0.1, 0.15) is 5.69 Å². The molecule has 0 aliphatic rings. The van der Waals surface area contributed by atoms with E-state index in [1.807, 2.05) is 18.2 Å². The first-order chi connectivity index (χ1) is 11.4. The Labute approximate surface area is 165 Å². The molecule has 0 aliphatic heterocycles. The highest BCUT2D eigenvalue weighted by atomic mass is 79.9. The van der Waals surface area contributed by atoms with Crippen LogP contribution in [0.3, 0.4) is 0 Å². The third-order valence-electron chi connectivity index (χ3n) is 3.30. The van der Waals surface area contributed by atoms with Crippen molar-refractivity contribution in [1.29, 1.82) is 0 Å². The Hall–Kier alpha value is -1.08. The van der Waals surface area contributed by atoms with Crippen LogP contribution in [0, 0.1) is 0 Å². The van der Waals surface area contributed by atoms with Gasteiger partial charge in [0.05, 0.1) is 27.9 Å². The highest BCUT2D eigenvalue weighted by Gasteiger charge is 2.11. The van der Waals surface area contributed by atoms with Gasteiger partial charge in [0.2, 0.25) is 5.95 Å². The number of hydrogen-bond donors (Lipinski definition) is 1. The minimum Gasteiger partial charge on any atom is -0.490 e. The van der Waals surface area contributed by atoms with Crippen molar-refractivity contribution < 1.29 is 4.74 Å². The summed E-state index contributed by atoms with van der Waals surface area (Å²) in [7, 11) is 0. The molecule has 124 valence electrons. The molecule has 0 spiro atoms. The van der Waals surface area contributed by atoms with Gasteiger partial charge in [-0.1, -0.05) is 55.1 Å². The average Bonchev–Trinajstić information content (AvgIpc) is 2.50. The molecule has 0 atom stereocenters. The Bertz CT molecular complexity index is 898. The lowest BCUT2D eigenvalue weighted by molar-refractivity contribution is 0.321. The van der Waals surface area contributed by atoms with E-state index in [0.29, 0.717) is 28.8 Å². The van der Waals surface area contributed by atoms with Crippen LogP contribution in [0.25, 0.3) is 10.9 Å². The number of nitrogens with two attached hydrogens (primary N) is 1. The van der Waals surface area contributed by atoms with Gasteiger partial charge < -0.3 is 10.5 Å². The Morgan fingerprint density at radius 3 is 2.42 bits per heavy atom. The van der Waals surface area contributed by atoms with Gasteiger partial charge in [-0.2, -0.15) is 0 Å². The molecule has 2 aromatic carbocycles. The van der Waals surface area contributed by atoms with E-state index >= 15 is 0 Å². The molecule has 0 unspecified atom stereocenters. The second-order valence-electron chi connectivity index (χ2n) is 4.99. The highest BCUT2D eigenvalue weighted by Crippen LogP contribution is 2.36. The zero-order valence-electron chi connectivity index (χ0n) is 12.2. The van der Waals surface area contributed by atoms with Crippen LogP contribution in [0.4, 0.5) is 5.95 Å². The summed E-state index contributed by atoms with van der Waals surface area (Å²) >= 11 is 19.1. The molecule has 0 saturated carbocycles. The molecule has 2 N–H and O–H groups in total. The number of nitrogen functional groups attached to an aromatic ring is 1. The van der Waals surface area contributed by atoms with Crippen molar-refractivity contribution in [3.8, 4) is 5.75 Å². The van der Waals surface area contributed by atoms with E-state index in [-0.39, 0.29) is 5.95 Å². The molecular formula is C16H11Br2Cl2N3O. The normalized spacial score (nSPS) is 11.0. The lowest BCUT2D eigenvalue weighted by Crippen LogP contribution is -2.07. The largest absolute Gasteiger partial charge is 0.490 e. The average molecular weight is 492 g/mol. The van der Waals surface area contributed by atoms with Crippen LogP contribution in [-0.4, -0.2) is 16.6 Å². The van der Waals surface area contributed by atoms with Crippen molar-refractivity contribution in [2.45, 2.75) is 6.42 Å². The standard InChI is InChI=1S/C16H11Br2Cl2N3O/c17-8-1-2-13-10(5-8)14(23-16(21)22-13)3-4-24-15-11(19)6-9(18)7-12(15)20/h1-2,5-7H,3-4H2,(H2,21,22,23). The summed E-state index contributed by atoms with van der Waals surface area (Å²) in [5, 5.41) is 1.82. The maximum Gasteiger partial charge on any atom is 0.220 e. The number of fused-ring (bicyclic) bond motifs is 1. The van der Waals surface area contributed by atoms with Crippen LogP contribution in [-0.2, 0) is 6.42 Å². The molecular weight excluding hydrogens is 481 g/mol. The summed E-state index contributed by atoms with van der Waals surface area (Å²) in [6.07, 6.45) is 0.544. The van der Waals surface area contributed by atoms with Crippen molar-refractivity contribution in [2.75, 3.05) is 12.3 Å². The zero-order valence-corrected chi connectivity index (χ0v) is 16.9. The van der Waals surface area contributed by atoms with Crippen LogP contribution >= 0.6 is 55.1 Å². The van der Waals surface area contributed by atoms with E-state index < -0.39 is 0 Å². The quantitative estimate of drug-likeness (QED) is 0.511. The molecule has 8 heteroatoms.